The molecule has 1 aromatic carbocycles. The Hall–Kier alpha value is -1.79. The number of hydrogen-bond donors (Lipinski definition) is 2. The van der Waals surface area contributed by atoms with Gasteiger partial charge in [-0.2, -0.15) is 0 Å². The number of nitrogens with zero attached hydrogens (tertiary/aromatic N) is 1. The summed E-state index contributed by atoms with van der Waals surface area (Å²) >= 11 is 0. The summed E-state index contributed by atoms with van der Waals surface area (Å²) in [7, 11) is 0. The maximum atomic E-state index is 12.4. The topological polar surface area (TPSA) is 76.8 Å². The van der Waals surface area contributed by atoms with Crippen LogP contribution < -0.4 is 20.5 Å². The van der Waals surface area contributed by atoms with E-state index < -0.39 is 0 Å². The predicted octanol–water partition coefficient (Wildman–Crippen LogP) is 1.13. The molecule has 1 fully saturated rings. The SMILES string of the molecule is NCCN1CCC(C(=O)NCc2cccc3c2OCCCO3)CC1. The number of ether oxygens (including phenoxy) is 2. The molecular weight excluding hydrogens is 306 g/mol. The molecule has 0 saturated carbocycles. The van der Waals surface area contributed by atoms with Gasteiger partial charge in [-0.05, 0) is 32.0 Å². The molecule has 24 heavy (non-hydrogen) atoms. The van der Waals surface area contributed by atoms with Crippen LogP contribution in [0, 0.1) is 5.92 Å². The molecule has 1 saturated heterocycles. The fourth-order valence-corrected chi connectivity index (χ4v) is 3.32. The minimum Gasteiger partial charge on any atom is -0.490 e. The summed E-state index contributed by atoms with van der Waals surface area (Å²) in [6.45, 7) is 5.30. The van der Waals surface area contributed by atoms with E-state index in [9.17, 15) is 4.79 Å². The average molecular weight is 333 g/mol. The van der Waals surface area contributed by atoms with Crippen LogP contribution in [0.15, 0.2) is 18.2 Å². The van der Waals surface area contributed by atoms with E-state index in [1.165, 1.54) is 0 Å². The predicted molar refractivity (Wildman–Crippen MR) is 92.1 cm³/mol. The van der Waals surface area contributed by atoms with Gasteiger partial charge in [0, 0.05) is 37.5 Å². The van der Waals surface area contributed by atoms with Crippen LogP contribution in [0.2, 0.25) is 0 Å². The Morgan fingerprint density at radius 2 is 2.04 bits per heavy atom. The molecule has 2 aliphatic heterocycles. The molecule has 132 valence electrons. The lowest BCUT2D eigenvalue weighted by molar-refractivity contribution is -0.126. The summed E-state index contributed by atoms with van der Waals surface area (Å²) in [6.07, 6.45) is 2.68. The molecule has 2 aliphatic rings. The lowest BCUT2D eigenvalue weighted by atomic mass is 9.96. The summed E-state index contributed by atoms with van der Waals surface area (Å²) in [5.41, 5.74) is 6.57. The van der Waals surface area contributed by atoms with Gasteiger partial charge in [-0.25, -0.2) is 0 Å². The van der Waals surface area contributed by atoms with Gasteiger partial charge in [-0.1, -0.05) is 12.1 Å². The van der Waals surface area contributed by atoms with Crippen molar-refractivity contribution in [3.8, 4) is 11.5 Å². The van der Waals surface area contributed by atoms with Crippen LogP contribution in [0.5, 0.6) is 11.5 Å². The first-order chi connectivity index (χ1) is 11.8. The number of nitrogens with one attached hydrogen (secondary N) is 1. The molecule has 0 unspecified atom stereocenters. The van der Waals surface area contributed by atoms with Crippen molar-refractivity contribution < 1.29 is 14.3 Å². The van der Waals surface area contributed by atoms with Crippen LogP contribution in [0.4, 0.5) is 0 Å². The highest BCUT2D eigenvalue weighted by Crippen LogP contribution is 2.33. The van der Waals surface area contributed by atoms with Crippen molar-refractivity contribution in [1.82, 2.24) is 10.2 Å². The van der Waals surface area contributed by atoms with Crippen LogP contribution in [0.25, 0.3) is 0 Å². The largest absolute Gasteiger partial charge is 0.490 e. The Morgan fingerprint density at radius 3 is 2.83 bits per heavy atom. The van der Waals surface area contributed by atoms with Gasteiger partial charge in [0.2, 0.25) is 5.91 Å². The van der Waals surface area contributed by atoms with Crippen molar-refractivity contribution in [2.75, 3.05) is 39.4 Å². The van der Waals surface area contributed by atoms with Gasteiger partial charge in [0.05, 0.1) is 13.2 Å². The Kier molecular flexibility index (Phi) is 5.93. The van der Waals surface area contributed by atoms with E-state index in [0.717, 1.165) is 56.0 Å². The maximum absolute atomic E-state index is 12.4. The molecule has 3 N–H and O–H groups in total. The molecular formula is C18H27N3O3. The summed E-state index contributed by atoms with van der Waals surface area (Å²) in [4.78, 5) is 14.8. The second kappa shape index (κ2) is 8.35. The van der Waals surface area contributed by atoms with Gasteiger partial charge in [-0.3, -0.25) is 4.79 Å². The third kappa shape index (κ3) is 4.19. The summed E-state index contributed by atoms with van der Waals surface area (Å²) in [6, 6.07) is 5.84. The van der Waals surface area contributed by atoms with Crippen LogP contribution in [0.1, 0.15) is 24.8 Å². The molecule has 0 atom stereocenters. The van der Waals surface area contributed by atoms with Crippen molar-refractivity contribution in [1.29, 1.82) is 0 Å². The summed E-state index contributed by atoms with van der Waals surface area (Å²) in [5, 5.41) is 3.07. The lowest BCUT2D eigenvalue weighted by Crippen LogP contribution is -2.41. The van der Waals surface area contributed by atoms with E-state index in [2.05, 4.69) is 10.2 Å². The zero-order chi connectivity index (χ0) is 16.8. The van der Waals surface area contributed by atoms with Gasteiger partial charge < -0.3 is 25.4 Å². The van der Waals surface area contributed by atoms with Crippen LogP contribution >= 0.6 is 0 Å². The number of amides is 1. The number of likely N-dealkylation sites (tertiary alicyclic amines) is 1. The van der Waals surface area contributed by atoms with Crippen molar-refractivity contribution in [2.45, 2.75) is 25.8 Å². The normalized spacial score (nSPS) is 18.9. The zero-order valence-electron chi connectivity index (χ0n) is 14.1. The number of hydrogen-bond acceptors (Lipinski definition) is 5. The molecule has 3 rings (SSSR count). The molecule has 6 nitrogen and oxygen atoms in total. The number of nitrogens with two attached hydrogens (primary N) is 1. The molecule has 2 heterocycles. The summed E-state index contributed by atoms with van der Waals surface area (Å²) < 4.78 is 11.5. The van der Waals surface area contributed by atoms with Crippen molar-refractivity contribution in [3.63, 3.8) is 0 Å². The zero-order valence-corrected chi connectivity index (χ0v) is 14.1. The van der Waals surface area contributed by atoms with Gasteiger partial charge in [0.1, 0.15) is 0 Å². The standard InChI is InChI=1S/C18H27N3O3/c19-7-10-21-8-5-14(6-9-21)18(22)20-13-15-3-1-4-16-17(15)24-12-2-11-23-16/h1,3-4,14H,2,5-13,19H2,(H,20,22). The number of piperidine rings is 1. The number of fused-ring (bicyclic) bond motifs is 1. The second-order valence-corrected chi connectivity index (χ2v) is 6.42. The molecule has 0 aromatic heterocycles. The second-order valence-electron chi connectivity index (χ2n) is 6.42. The van der Waals surface area contributed by atoms with Gasteiger partial charge in [0.15, 0.2) is 11.5 Å². The van der Waals surface area contributed by atoms with Gasteiger partial charge >= 0.3 is 0 Å². The third-order valence-electron chi connectivity index (χ3n) is 4.71. The van der Waals surface area contributed by atoms with E-state index in [1.807, 2.05) is 18.2 Å². The Morgan fingerprint density at radius 1 is 1.25 bits per heavy atom. The first kappa shape index (κ1) is 17.0. The minimum atomic E-state index is 0.0958. The number of carbonyl (C=O) groups excluding carboxylic acids is 1. The molecule has 1 aromatic rings. The molecule has 1 amide bonds. The monoisotopic (exact) mass is 333 g/mol. The van der Waals surface area contributed by atoms with E-state index in [1.54, 1.807) is 0 Å². The minimum absolute atomic E-state index is 0.0958. The van der Waals surface area contributed by atoms with Gasteiger partial charge in [0.25, 0.3) is 0 Å². The fraction of sp³-hybridized carbons (Fsp3) is 0.611. The molecule has 0 radical (unpaired) electrons. The molecule has 0 spiro atoms. The van der Waals surface area contributed by atoms with Gasteiger partial charge in [-0.15, -0.1) is 0 Å². The number of benzene rings is 1. The average Bonchev–Trinajstić information content (AvgIpc) is 2.86. The highest BCUT2D eigenvalue weighted by molar-refractivity contribution is 5.78. The Labute approximate surface area is 143 Å². The molecule has 0 bridgehead atoms. The van der Waals surface area contributed by atoms with E-state index in [0.29, 0.717) is 26.3 Å². The van der Waals surface area contributed by atoms with Crippen LogP contribution in [0.3, 0.4) is 0 Å². The first-order valence-corrected chi connectivity index (χ1v) is 8.85. The van der Waals surface area contributed by atoms with Crippen LogP contribution in [-0.2, 0) is 11.3 Å². The summed E-state index contributed by atoms with van der Waals surface area (Å²) in [5.74, 6) is 1.77. The number of rotatable bonds is 5. The van der Waals surface area contributed by atoms with Crippen LogP contribution in [-0.4, -0.2) is 50.2 Å². The molecule has 0 aliphatic carbocycles. The smallest absolute Gasteiger partial charge is 0.223 e. The van der Waals surface area contributed by atoms with Crippen molar-refractivity contribution >= 4 is 5.91 Å². The fourth-order valence-electron chi connectivity index (χ4n) is 3.32. The third-order valence-corrected chi connectivity index (χ3v) is 4.71. The maximum Gasteiger partial charge on any atom is 0.223 e. The van der Waals surface area contributed by atoms with E-state index in [-0.39, 0.29) is 11.8 Å². The van der Waals surface area contributed by atoms with E-state index >= 15 is 0 Å². The Balaban J connectivity index is 1.54. The Bertz CT molecular complexity index is 556. The van der Waals surface area contributed by atoms with Crippen molar-refractivity contribution in [3.05, 3.63) is 23.8 Å². The van der Waals surface area contributed by atoms with Crippen molar-refractivity contribution in [2.24, 2.45) is 11.7 Å². The quantitative estimate of drug-likeness (QED) is 0.845. The highest BCUT2D eigenvalue weighted by atomic mass is 16.5. The number of para-hydroxylation sites is 1. The number of carbonyl (C=O) groups is 1. The first-order valence-electron chi connectivity index (χ1n) is 8.85. The molecule has 6 heteroatoms. The lowest BCUT2D eigenvalue weighted by Gasteiger charge is -2.30. The highest BCUT2D eigenvalue weighted by Gasteiger charge is 2.24. The van der Waals surface area contributed by atoms with E-state index in [4.69, 9.17) is 15.2 Å².